The van der Waals surface area contributed by atoms with Gasteiger partial charge in [-0.3, -0.25) is 4.57 Å². The second kappa shape index (κ2) is 8.12. The van der Waals surface area contributed by atoms with Crippen molar-refractivity contribution in [3.8, 4) is 17.1 Å². The van der Waals surface area contributed by atoms with Gasteiger partial charge >= 0.3 is 0 Å². The Morgan fingerprint density at radius 3 is 2.29 bits per heavy atom. The number of rotatable bonds is 5. The number of benzene rings is 3. The fraction of sp³-hybridized carbons (Fsp3) is 0.0476. The molecule has 1 aromatic heterocycles. The number of hydrogen-bond acceptors (Lipinski definition) is 3. The number of aromatic nitrogens is 3. The van der Waals surface area contributed by atoms with Crippen LogP contribution < -0.4 is 0 Å². The quantitative estimate of drug-likeness (QED) is 0.367. The Balaban J connectivity index is 1.76. The summed E-state index contributed by atoms with van der Waals surface area (Å²) in [6.45, 7) is 0. The Hall–Kier alpha value is -2.70. The maximum Gasteiger partial charge on any atom is 0.196 e. The smallest absolute Gasteiger partial charge is 0.196 e. The van der Waals surface area contributed by atoms with Crippen molar-refractivity contribution < 1.29 is 8.78 Å². The highest BCUT2D eigenvalue weighted by Crippen LogP contribution is 2.31. The van der Waals surface area contributed by atoms with Gasteiger partial charge in [0.05, 0.1) is 0 Å². The van der Waals surface area contributed by atoms with E-state index < -0.39 is 11.6 Å². The van der Waals surface area contributed by atoms with E-state index in [0.717, 1.165) is 11.3 Å². The molecule has 0 aliphatic heterocycles. The number of halogens is 3. The van der Waals surface area contributed by atoms with E-state index in [1.807, 2.05) is 47.0 Å². The van der Waals surface area contributed by atoms with E-state index in [2.05, 4.69) is 10.2 Å². The average molecular weight is 414 g/mol. The van der Waals surface area contributed by atoms with Crippen molar-refractivity contribution >= 4 is 23.4 Å². The van der Waals surface area contributed by atoms with Gasteiger partial charge in [0.25, 0.3) is 0 Å². The number of para-hydroxylation sites is 1. The highest BCUT2D eigenvalue weighted by atomic mass is 35.5. The molecule has 0 saturated heterocycles. The van der Waals surface area contributed by atoms with Crippen LogP contribution in [0.5, 0.6) is 0 Å². The van der Waals surface area contributed by atoms with Crippen LogP contribution in [0.4, 0.5) is 8.78 Å². The minimum Gasteiger partial charge on any atom is -0.270 e. The lowest BCUT2D eigenvalue weighted by atomic mass is 10.2. The monoisotopic (exact) mass is 413 g/mol. The van der Waals surface area contributed by atoms with Crippen LogP contribution in [0.1, 0.15) is 5.56 Å². The first-order valence-corrected chi connectivity index (χ1v) is 9.82. The Labute approximate surface area is 170 Å². The molecule has 0 fully saturated rings. The lowest BCUT2D eigenvalue weighted by Gasteiger charge is -2.11. The highest BCUT2D eigenvalue weighted by Gasteiger charge is 2.18. The summed E-state index contributed by atoms with van der Waals surface area (Å²) >= 11 is 7.35. The largest absolute Gasteiger partial charge is 0.270 e. The van der Waals surface area contributed by atoms with Crippen molar-refractivity contribution in [1.29, 1.82) is 0 Å². The van der Waals surface area contributed by atoms with Gasteiger partial charge in [-0.2, -0.15) is 0 Å². The van der Waals surface area contributed by atoms with Crippen molar-refractivity contribution in [2.45, 2.75) is 10.9 Å². The summed E-state index contributed by atoms with van der Waals surface area (Å²) in [6, 6.07) is 20.7. The van der Waals surface area contributed by atoms with E-state index >= 15 is 0 Å². The predicted molar refractivity (Wildman–Crippen MR) is 108 cm³/mol. The fourth-order valence-electron chi connectivity index (χ4n) is 2.79. The third kappa shape index (κ3) is 3.79. The van der Waals surface area contributed by atoms with Gasteiger partial charge < -0.3 is 0 Å². The lowest BCUT2D eigenvalue weighted by molar-refractivity contribution is 0.566. The molecule has 0 saturated carbocycles. The van der Waals surface area contributed by atoms with Gasteiger partial charge in [0.1, 0.15) is 11.6 Å². The van der Waals surface area contributed by atoms with Crippen LogP contribution in [0, 0.1) is 11.6 Å². The van der Waals surface area contributed by atoms with E-state index in [9.17, 15) is 8.78 Å². The summed E-state index contributed by atoms with van der Waals surface area (Å²) in [5.74, 6) is -0.453. The van der Waals surface area contributed by atoms with Crippen molar-refractivity contribution in [3.63, 3.8) is 0 Å². The van der Waals surface area contributed by atoms with E-state index in [1.165, 1.54) is 30.0 Å². The first kappa shape index (κ1) is 18.7. The molecule has 3 nitrogen and oxygen atoms in total. The molecular weight excluding hydrogens is 400 g/mol. The Kier molecular flexibility index (Phi) is 5.41. The topological polar surface area (TPSA) is 30.7 Å². The third-order valence-electron chi connectivity index (χ3n) is 4.14. The summed E-state index contributed by atoms with van der Waals surface area (Å²) in [5.41, 5.74) is 1.66. The van der Waals surface area contributed by atoms with E-state index in [-0.39, 0.29) is 11.3 Å². The first-order valence-electron chi connectivity index (χ1n) is 8.46. The molecule has 0 aliphatic rings. The van der Waals surface area contributed by atoms with Crippen LogP contribution in [0.15, 0.2) is 78.0 Å². The minimum atomic E-state index is -0.576. The standard InChI is InChI=1S/C21H14ClF2N3S/c22-15-7-4-6-14(12-15)20-25-26-21(27(20)16-8-2-1-3-9-16)28-13-17-18(23)10-5-11-19(17)24/h1-12H,13H2. The number of hydrogen-bond donors (Lipinski definition) is 0. The Bertz CT molecular complexity index is 1100. The van der Waals surface area contributed by atoms with Gasteiger partial charge in [-0.05, 0) is 36.4 Å². The molecule has 3 aromatic carbocycles. The molecule has 7 heteroatoms. The minimum absolute atomic E-state index is 0.0133. The van der Waals surface area contributed by atoms with Crippen molar-refractivity contribution in [2.75, 3.05) is 0 Å². The van der Waals surface area contributed by atoms with Crippen molar-refractivity contribution in [1.82, 2.24) is 14.8 Å². The molecule has 4 aromatic rings. The molecule has 0 N–H and O–H groups in total. The van der Waals surface area contributed by atoms with Gasteiger partial charge in [-0.25, -0.2) is 8.78 Å². The van der Waals surface area contributed by atoms with Crippen LogP contribution >= 0.6 is 23.4 Å². The normalized spacial score (nSPS) is 11.0. The summed E-state index contributed by atoms with van der Waals surface area (Å²) in [4.78, 5) is 0. The molecule has 1 heterocycles. The molecule has 0 amide bonds. The van der Waals surface area contributed by atoms with Gasteiger partial charge in [-0.1, -0.05) is 59.8 Å². The highest BCUT2D eigenvalue weighted by molar-refractivity contribution is 7.98. The molecule has 0 aliphatic carbocycles. The molecule has 0 spiro atoms. The zero-order valence-electron chi connectivity index (χ0n) is 14.5. The fourth-order valence-corrected chi connectivity index (χ4v) is 3.95. The van der Waals surface area contributed by atoms with E-state index in [0.29, 0.717) is 16.0 Å². The summed E-state index contributed by atoms with van der Waals surface area (Å²) in [7, 11) is 0. The third-order valence-corrected chi connectivity index (χ3v) is 5.33. The van der Waals surface area contributed by atoms with Crippen LogP contribution in [0.3, 0.4) is 0 Å². The SMILES string of the molecule is Fc1cccc(F)c1CSc1nnc(-c2cccc(Cl)c2)n1-c1ccccc1. The predicted octanol–water partition coefficient (Wildman–Crippen LogP) is 6.16. The molecule has 0 atom stereocenters. The average Bonchev–Trinajstić information content (AvgIpc) is 3.12. The van der Waals surface area contributed by atoms with Gasteiger partial charge in [0, 0.05) is 27.6 Å². The van der Waals surface area contributed by atoms with Gasteiger partial charge in [0.2, 0.25) is 0 Å². The molecule has 4 rings (SSSR count). The Morgan fingerprint density at radius 2 is 1.57 bits per heavy atom. The summed E-state index contributed by atoms with van der Waals surface area (Å²) in [6.07, 6.45) is 0. The van der Waals surface area contributed by atoms with E-state index in [4.69, 9.17) is 11.6 Å². The van der Waals surface area contributed by atoms with Crippen molar-refractivity contribution in [3.05, 3.63) is 95.0 Å². The second-order valence-corrected chi connectivity index (χ2v) is 7.36. The summed E-state index contributed by atoms with van der Waals surface area (Å²) in [5, 5.41) is 9.69. The summed E-state index contributed by atoms with van der Waals surface area (Å²) < 4.78 is 29.8. The molecule has 28 heavy (non-hydrogen) atoms. The zero-order chi connectivity index (χ0) is 19.5. The van der Waals surface area contributed by atoms with E-state index in [1.54, 1.807) is 12.1 Å². The van der Waals surface area contributed by atoms with Crippen molar-refractivity contribution in [2.24, 2.45) is 0 Å². The van der Waals surface area contributed by atoms with Crippen LogP contribution in [-0.2, 0) is 5.75 Å². The lowest BCUT2D eigenvalue weighted by Crippen LogP contribution is -2.00. The van der Waals surface area contributed by atoms with Crippen LogP contribution in [-0.4, -0.2) is 14.8 Å². The zero-order valence-corrected chi connectivity index (χ0v) is 16.1. The molecule has 140 valence electrons. The van der Waals surface area contributed by atoms with Crippen LogP contribution in [0.25, 0.3) is 17.1 Å². The Morgan fingerprint density at radius 1 is 0.857 bits per heavy atom. The molecule has 0 unspecified atom stereocenters. The molecular formula is C21H14ClF2N3S. The molecule has 0 radical (unpaired) electrons. The maximum atomic E-state index is 14.0. The number of nitrogens with zero attached hydrogens (tertiary/aromatic N) is 3. The first-order chi connectivity index (χ1) is 13.6. The second-order valence-electron chi connectivity index (χ2n) is 5.98. The van der Waals surface area contributed by atoms with Gasteiger partial charge in [0.15, 0.2) is 11.0 Å². The maximum absolute atomic E-state index is 14.0. The number of thioether (sulfide) groups is 1. The van der Waals surface area contributed by atoms with Crippen LogP contribution in [0.2, 0.25) is 5.02 Å². The molecule has 0 bridgehead atoms. The van der Waals surface area contributed by atoms with Gasteiger partial charge in [-0.15, -0.1) is 10.2 Å².